The first-order chi connectivity index (χ1) is 14.5. The van der Waals surface area contributed by atoms with Crippen LogP contribution in [0, 0.1) is 13.8 Å². The Morgan fingerprint density at radius 3 is 2.57 bits per heavy atom. The fourth-order valence-electron chi connectivity index (χ4n) is 3.29. The Labute approximate surface area is 184 Å². The highest BCUT2D eigenvalue weighted by molar-refractivity contribution is 7.12. The van der Waals surface area contributed by atoms with Crippen LogP contribution in [-0.4, -0.2) is 20.7 Å². The van der Waals surface area contributed by atoms with Gasteiger partial charge in [-0.3, -0.25) is 4.79 Å². The number of benzene rings is 2. The van der Waals surface area contributed by atoms with Crippen molar-refractivity contribution in [3.05, 3.63) is 93.2 Å². The van der Waals surface area contributed by atoms with E-state index < -0.39 is 0 Å². The average Bonchev–Trinajstić information content (AvgIpc) is 3.29. The molecule has 2 aromatic heterocycles. The SMILES string of the molecule is Cc1nn(-c2nc(CC(=O)Nc3ccccc3)cs2)c(C)c1Cc1ccc(Cl)cc1. The van der Waals surface area contributed by atoms with Gasteiger partial charge in [0.2, 0.25) is 11.0 Å². The third-order valence-electron chi connectivity index (χ3n) is 4.86. The van der Waals surface area contributed by atoms with Crippen molar-refractivity contribution in [3.63, 3.8) is 0 Å². The summed E-state index contributed by atoms with van der Waals surface area (Å²) in [6.07, 6.45) is 1.01. The third-order valence-corrected chi connectivity index (χ3v) is 5.97. The lowest BCUT2D eigenvalue weighted by Crippen LogP contribution is -2.14. The van der Waals surface area contributed by atoms with Gasteiger partial charge in [0.1, 0.15) is 0 Å². The average molecular weight is 437 g/mol. The van der Waals surface area contributed by atoms with Gasteiger partial charge in [0.15, 0.2) is 0 Å². The first kappa shape index (κ1) is 20.3. The van der Waals surface area contributed by atoms with Crippen LogP contribution in [0.2, 0.25) is 5.02 Å². The summed E-state index contributed by atoms with van der Waals surface area (Å²) >= 11 is 7.48. The van der Waals surface area contributed by atoms with Gasteiger partial charge < -0.3 is 5.32 Å². The fraction of sp³-hybridized carbons (Fsp3) is 0.174. The minimum absolute atomic E-state index is 0.0881. The van der Waals surface area contributed by atoms with Crippen LogP contribution >= 0.6 is 22.9 Å². The van der Waals surface area contributed by atoms with Gasteiger partial charge in [-0.25, -0.2) is 9.67 Å². The third kappa shape index (κ3) is 4.61. The van der Waals surface area contributed by atoms with Crippen molar-refractivity contribution >= 4 is 34.5 Å². The van der Waals surface area contributed by atoms with E-state index >= 15 is 0 Å². The van der Waals surface area contributed by atoms with Crippen LogP contribution in [0.4, 0.5) is 5.69 Å². The summed E-state index contributed by atoms with van der Waals surface area (Å²) in [7, 11) is 0. The van der Waals surface area contributed by atoms with Crippen LogP contribution in [0.3, 0.4) is 0 Å². The second-order valence-electron chi connectivity index (χ2n) is 7.08. The van der Waals surface area contributed by atoms with Gasteiger partial charge in [-0.05, 0) is 43.7 Å². The molecule has 4 rings (SSSR count). The Morgan fingerprint density at radius 2 is 1.83 bits per heavy atom. The molecule has 30 heavy (non-hydrogen) atoms. The molecule has 0 aliphatic carbocycles. The highest BCUT2D eigenvalue weighted by atomic mass is 35.5. The summed E-state index contributed by atoms with van der Waals surface area (Å²) in [5.41, 5.74) is 5.90. The number of halogens is 1. The molecule has 0 saturated carbocycles. The molecule has 0 radical (unpaired) electrons. The standard InChI is InChI=1S/C23H21ClN4OS/c1-15-21(12-17-8-10-18(24)11-9-17)16(2)28(27-15)23-26-20(14-30-23)13-22(29)25-19-6-4-3-5-7-19/h3-11,14H,12-13H2,1-2H3,(H,25,29). The summed E-state index contributed by atoms with van der Waals surface area (Å²) < 4.78 is 1.86. The van der Waals surface area contributed by atoms with E-state index in [9.17, 15) is 4.79 Å². The Kier molecular flexibility index (Phi) is 5.97. The number of rotatable bonds is 6. The van der Waals surface area contributed by atoms with Crippen molar-refractivity contribution in [3.8, 4) is 5.13 Å². The first-order valence-electron chi connectivity index (χ1n) is 9.59. The molecule has 2 heterocycles. The number of aromatic nitrogens is 3. The normalized spacial score (nSPS) is 10.9. The predicted octanol–water partition coefficient (Wildman–Crippen LogP) is 5.37. The molecule has 0 aliphatic rings. The molecule has 0 spiro atoms. The fourth-order valence-corrected chi connectivity index (χ4v) is 4.24. The number of carbonyl (C=O) groups is 1. The quantitative estimate of drug-likeness (QED) is 0.442. The number of para-hydroxylation sites is 1. The molecule has 7 heteroatoms. The number of carbonyl (C=O) groups excluding carboxylic acids is 1. The van der Waals surface area contributed by atoms with Crippen molar-refractivity contribution in [1.82, 2.24) is 14.8 Å². The maximum absolute atomic E-state index is 12.3. The summed E-state index contributed by atoms with van der Waals surface area (Å²) in [4.78, 5) is 16.9. The molecule has 0 unspecified atom stereocenters. The molecule has 0 bridgehead atoms. The molecule has 4 aromatic rings. The number of hydrogen-bond acceptors (Lipinski definition) is 4. The zero-order valence-corrected chi connectivity index (χ0v) is 18.3. The number of thiazole rings is 1. The lowest BCUT2D eigenvalue weighted by molar-refractivity contribution is -0.115. The second kappa shape index (κ2) is 8.81. The van der Waals surface area contributed by atoms with Gasteiger partial charge in [0.25, 0.3) is 0 Å². The summed E-state index contributed by atoms with van der Waals surface area (Å²) in [6, 6.07) is 17.3. The van der Waals surface area contributed by atoms with E-state index in [1.54, 1.807) is 0 Å². The van der Waals surface area contributed by atoms with Gasteiger partial charge >= 0.3 is 0 Å². The highest BCUT2D eigenvalue weighted by Gasteiger charge is 2.16. The summed E-state index contributed by atoms with van der Waals surface area (Å²) in [5.74, 6) is -0.0881. The van der Waals surface area contributed by atoms with Crippen molar-refractivity contribution in [1.29, 1.82) is 0 Å². The van der Waals surface area contributed by atoms with E-state index in [2.05, 4.69) is 17.2 Å². The van der Waals surface area contributed by atoms with Crippen LogP contribution in [0.15, 0.2) is 60.0 Å². The van der Waals surface area contributed by atoms with Crippen LogP contribution in [0.1, 0.15) is 28.2 Å². The Bertz CT molecular complexity index is 1170. The van der Waals surface area contributed by atoms with E-state index in [1.165, 1.54) is 22.5 Å². The van der Waals surface area contributed by atoms with Gasteiger partial charge in [0.05, 0.1) is 17.8 Å². The van der Waals surface area contributed by atoms with E-state index in [0.29, 0.717) is 0 Å². The number of aryl methyl sites for hydroxylation is 1. The second-order valence-corrected chi connectivity index (χ2v) is 8.35. The minimum Gasteiger partial charge on any atom is -0.326 e. The Balaban J connectivity index is 1.49. The zero-order valence-electron chi connectivity index (χ0n) is 16.7. The number of nitrogens with zero attached hydrogens (tertiary/aromatic N) is 3. The Hall–Kier alpha value is -2.96. The van der Waals surface area contributed by atoms with Gasteiger partial charge in [-0.1, -0.05) is 41.9 Å². The Morgan fingerprint density at radius 1 is 1.10 bits per heavy atom. The molecule has 0 fully saturated rings. The van der Waals surface area contributed by atoms with Crippen molar-refractivity contribution in [2.45, 2.75) is 26.7 Å². The van der Waals surface area contributed by atoms with E-state index in [4.69, 9.17) is 16.7 Å². The van der Waals surface area contributed by atoms with Crippen molar-refractivity contribution in [2.24, 2.45) is 0 Å². The smallest absolute Gasteiger partial charge is 0.230 e. The lowest BCUT2D eigenvalue weighted by atomic mass is 10.0. The number of anilines is 1. The number of hydrogen-bond donors (Lipinski definition) is 1. The van der Waals surface area contributed by atoms with Crippen LogP contribution < -0.4 is 5.32 Å². The van der Waals surface area contributed by atoms with Crippen LogP contribution in [0.25, 0.3) is 5.13 Å². The number of nitrogens with one attached hydrogen (secondary N) is 1. The summed E-state index contributed by atoms with van der Waals surface area (Å²) in [6.45, 7) is 4.06. The van der Waals surface area contributed by atoms with E-state index in [1.807, 2.05) is 71.6 Å². The van der Waals surface area contributed by atoms with Gasteiger partial charge in [0, 0.05) is 33.8 Å². The molecule has 152 valence electrons. The molecule has 0 atom stereocenters. The van der Waals surface area contributed by atoms with E-state index in [-0.39, 0.29) is 12.3 Å². The topological polar surface area (TPSA) is 59.8 Å². The van der Waals surface area contributed by atoms with Gasteiger partial charge in [-0.15, -0.1) is 11.3 Å². The minimum atomic E-state index is -0.0881. The van der Waals surface area contributed by atoms with Crippen molar-refractivity contribution < 1.29 is 4.79 Å². The molecular weight excluding hydrogens is 416 g/mol. The zero-order chi connectivity index (χ0) is 21.1. The molecule has 0 saturated heterocycles. The van der Waals surface area contributed by atoms with Gasteiger partial charge in [-0.2, -0.15) is 5.10 Å². The van der Waals surface area contributed by atoms with Crippen molar-refractivity contribution in [2.75, 3.05) is 5.32 Å². The maximum atomic E-state index is 12.3. The number of amides is 1. The highest BCUT2D eigenvalue weighted by Crippen LogP contribution is 2.24. The molecule has 0 aliphatic heterocycles. The van der Waals surface area contributed by atoms with E-state index in [0.717, 1.165) is 39.3 Å². The summed E-state index contributed by atoms with van der Waals surface area (Å²) in [5, 5.41) is 11.0. The maximum Gasteiger partial charge on any atom is 0.230 e. The molecule has 1 N–H and O–H groups in total. The molecule has 5 nitrogen and oxygen atoms in total. The van der Waals surface area contributed by atoms with Crippen LogP contribution in [0.5, 0.6) is 0 Å². The first-order valence-corrected chi connectivity index (χ1v) is 10.8. The predicted molar refractivity (Wildman–Crippen MR) is 122 cm³/mol. The molecular formula is C23H21ClN4OS. The lowest BCUT2D eigenvalue weighted by Gasteiger charge is -2.04. The monoisotopic (exact) mass is 436 g/mol. The largest absolute Gasteiger partial charge is 0.326 e. The molecule has 1 amide bonds. The van der Waals surface area contributed by atoms with Crippen LogP contribution in [-0.2, 0) is 17.6 Å². The molecule has 2 aromatic carbocycles.